The van der Waals surface area contributed by atoms with Crippen molar-refractivity contribution in [1.82, 2.24) is 5.32 Å². The van der Waals surface area contributed by atoms with Crippen LogP contribution in [0.1, 0.15) is 33.1 Å². The number of nitrogens with zero attached hydrogens (tertiary/aromatic N) is 1. The lowest BCUT2D eigenvalue weighted by Gasteiger charge is -2.22. The number of nitriles is 1. The van der Waals surface area contributed by atoms with Gasteiger partial charge in [-0.15, -0.1) is 11.8 Å². The van der Waals surface area contributed by atoms with Crippen molar-refractivity contribution in [2.45, 2.75) is 43.5 Å². The number of unbranched alkanes of at least 4 members (excludes halogenated alkanes) is 1. The van der Waals surface area contributed by atoms with E-state index in [9.17, 15) is 5.26 Å². The zero-order valence-corrected chi connectivity index (χ0v) is 13.4. The SMILES string of the molecule is CCNC(C)(C#N)CCCCSc1ccc(OC)cc1. The molecule has 1 aromatic carbocycles. The first-order valence-corrected chi connectivity index (χ1v) is 8.05. The molecule has 1 rings (SSSR count). The highest BCUT2D eigenvalue weighted by atomic mass is 32.2. The number of thioether (sulfide) groups is 1. The van der Waals surface area contributed by atoms with Crippen molar-refractivity contribution in [1.29, 1.82) is 5.26 Å². The molecule has 0 saturated heterocycles. The van der Waals surface area contributed by atoms with Gasteiger partial charge in [0.25, 0.3) is 0 Å². The largest absolute Gasteiger partial charge is 0.497 e. The Morgan fingerprint density at radius 2 is 2.00 bits per heavy atom. The van der Waals surface area contributed by atoms with Gasteiger partial charge in [0.1, 0.15) is 11.3 Å². The summed E-state index contributed by atoms with van der Waals surface area (Å²) in [7, 11) is 1.68. The zero-order valence-electron chi connectivity index (χ0n) is 12.6. The summed E-state index contributed by atoms with van der Waals surface area (Å²) in [5.41, 5.74) is -0.375. The van der Waals surface area contributed by atoms with Gasteiger partial charge in [-0.1, -0.05) is 6.92 Å². The fourth-order valence-electron chi connectivity index (χ4n) is 2.02. The lowest BCUT2D eigenvalue weighted by Crippen LogP contribution is -2.40. The fourth-order valence-corrected chi connectivity index (χ4v) is 2.93. The number of nitrogens with one attached hydrogen (secondary N) is 1. The van der Waals surface area contributed by atoms with Gasteiger partial charge in [0, 0.05) is 4.90 Å². The van der Waals surface area contributed by atoms with Crippen molar-refractivity contribution in [2.75, 3.05) is 19.4 Å². The minimum Gasteiger partial charge on any atom is -0.497 e. The summed E-state index contributed by atoms with van der Waals surface area (Å²) >= 11 is 1.85. The van der Waals surface area contributed by atoms with E-state index in [2.05, 4.69) is 23.5 Å². The third kappa shape index (κ3) is 5.85. The molecule has 0 aliphatic heterocycles. The molecule has 110 valence electrons. The minimum atomic E-state index is -0.375. The first-order chi connectivity index (χ1) is 9.63. The second kappa shape index (κ2) is 8.89. The molecular formula is C16H24N2OS. The van der Waals surface area contributed by atoms with Crippen LogP contribution in [-0.4, -0.2) is 24.9 Å². The van der Waals surface area contributed by atoms with Crippen LogP contribution in [0.3, 0.4) is 0 Å². The minimum absolute atomic E-state index is 0.375. The van der Waals surface area contributed by atoms with E-state index in [-0.39, 0.29) is 5.54 Å². The van der Waals surface area contributed by atoms with Crippen molar-refractivity contribution >= 4 is 11.8 Å². The smallest absolute Gasteiger partial charge is 0.118 e. The number of benzene rings is 1. The highest BCUT2D eigenvalue weighted by molar-refractivity contribution is 7.99. The Morgan fingerprint density at radius 3 is 2.55 bits per heavy atom. The van der Waals surface area contributed by atoms with Crippen LogP contribution < -0.4 is 10.1 Å². The molecule has 0 saturated carbocycles. The molecular weight excluding hydrogens is 268 g/mol. The molecule has 0 aromatic heterocycles. The van der Waals surface area contributed by atoms with Gasteiger partial charge >= 0.3 is 0 Å². The van der Waals surface area contributed by atoms with Crippen molar-refractivity contribution in [3.8, 4) is 11.8 Å². The number of methoxy groups -OCH3 is 1. The van der Waals surface area contributed by atoms with E-state index in [1.807, 2.05) is 37.7 Å². The molecule has 0 radical (unpaired) electrons. The van der Waals surface area contributed by atoms with Crippen LogP contribution in [0.5, 0.6) is 5.75 Å². The Bertz CT molecular complexity index is 427. The van der Waals surface area contributed by atoms with Crippen molar-refractivity contribution < 1.29 is 4.74 Å². The molecule has 1 atom stereocenters. The van der Waals surface area contributed by atoms with Gasteiger partial charge in [-0.3, -0.25) is 5.32 Å². The van der Waals surface area contributed by atoms with E-state index >= 15 is 0 Å². The first kappa shape index (κ1) is 16.9. The van der Waals surface area contributed by atoms with Crippen LogP contribution in [0.25, 0.3) is 0 Å². The highest BCUT2D eigenvalue weighted by Crippen LogP contribution is 2.23. The van der Waals surface area contributed by atoms with Gasteiger partial charge in [0.2, 0.25) is 0 Å². The topological polar surface area (TPSA) is 45.0 Å². The summed E-state index contributed by atoms with van der Waals surface area (Å²) in [4.78, 5) is 1.26. The van der Waals surface area contributed by atoms with Gasteiger partial charge in [-0.2, -0.15) is 5.26 Å². The molecule has 0 bridgehead atoms. The van der Waals surface area contributed by atoms with Crippen LogP contribution in [-0.2, 0) is 0 Å². The van der Waals surface area contributed by atoms with E-state index in [0.29, 0.717) is 0 Å². The van der Waals surface area contributed by atoms with Crippen LogP contribution in [0, 0.1) is 11.3 Å². The van der Waals surface area contributed by atoms with E-state index in [1.54, 1.807) is 7.11 Å². The van der Waals surface area contributed by atoms with E-state index < -0.39 is 0 Å². The summed E-state index contributed by atoms with van der Waals surface area (Å²) in [6.45, 7) is 4.85. The second-order valence-electron chi connectivity index (χ2n) is 4.96. The normalized spacial score (nSPS) is 13.5. The maximum absolute atomic E-state index is 9.17. The monoisotopic (exact) mass is 292 g/mol. The molecule has 0 aliphatic rings. The Morgan fingerprint density at radius 1 is 1.30 bits per heavy atom. The summed E-state index contributed by atoms with van der Waals surface area (Å²) in [6.07, 6.45) is 3.10. The number of rotatable bonds is 9. The standard InChI is InChI=1S/C16H24N2OS/c1-4-18-16(2,13-17)11-5-6-12-20-15-9-7-14(19-3)8-10-15/h7-10,18H,4-6,11-12H2,1-3H3. The van der Waals surface area contributed by atoms with Crippen LogP contribution in [0.2, 0.25) is 0 Å². The molecule has 1 N–H and O–H groups in total. The Hall–Kier alpha value is -1.18. The van der Waals surface area contributed by atoms with Gasteiger partial charge in [-0.05, 0) is 62.7 Å². The Kier molecular flexibility index (Phi) is 7.50. The molecule has 1 unspecified atom stereocenters. The molecule has 4 heteroatoms. The van der Waals surface area contributed by atoms with Crippen LogP contribution in [0.4, 0.5) is 0 Å². The van der Waals surface area contributed by atoms with Crippen LogP contribution >= 0.6 is 11.8 Å². The van der Waals surface area contributed by atoms with E-state index in [1.165, 1.54) is 4.90 Å². The predicted octanol–water partition coefficient (Wildman–Crippen LogP) is 3.85. The van der Waals surface area contributed by atoms with E-state index in [0.717, 1.165) is 37.3 Å². The molecule has 0 amide bonds. The van der Waals surface area contributed by atoms with Gasteiger partial charge in [-0.25, -0.2) is 0 Å². The maximum atomic E-state index is 9.17. The molecule has 0 spiro atoms. The number of hydrogen-bond donors (Lipinski definition) is 1. The van der Waals surface area contributed by atoms with Gasteiger partial charge in [0.15, 0.2) is 0 Å². The first-order valence-electron chi connectivity index (χ1n) is 7.06. The summed E-state index contributed by atoms with van der Waals surface area (Å²) in [6, 6.07) is 10.5. The maximum Gasteiger partial charge on any atom is 0.118 e. The van der Waals surface area contributed by atoms with Gasteiger partial charge in [0.05, 0.1) is 13.2 Å². The fraction of sp³-hybridized carbons (Fsp3) is 0.562. The number of hydrogen-bond acceptors (Lipinski definition) is 4. The van der Waals surface area contributed by atoms with Crippen LogP contribution in [0.15, 0.2) is 29.2 Å². The Labute approximate surface area is 126 Å². The zero-order chi connectivity index (χ0) is 14.8. The predicted molar refractivity (Wildman–Crippen MR) is 85.3 cm³/mol. The molecule has 0 aliphatic carbocycles. The second-order valence-corrected chi connectivity index (χ2v) is 6.12. The molecule has 0 heterocycles. The number of ether oxygens (including phenoxy) is 1. The van der Waals surface area contributed by atoms with Crippen molar-refractivity contribution in [2.24, 2.45) is 0 Å². The third-order valence-electron chi connectivity index (χ3n) is 3.21. The van der Waals surface area contributed by atoms with Gasteiger partial charge < -0.3 is 4.74 Å². The Balaban J connectivity index is 2.23. The van der Waals surface area contributed by atoms with Crippen molar-refractivity contribution in [3.63, 3.8) is 0 Å². The molecule has 0 fully saturated rings. The lowest BCUT2D eigenvalue weighted by atomic mass is 9.97. The summed E-state index contributed by atoms with van der Waals surface area (Å²) in [5.74, 6) is 1.98. The summed E-state index contributed by atoms with van der Waals surface area (Å²) < 4.78 is 5.14. The molecule has 1 aromatic rings. The molecule has 20 heavy (non-hydrogen) atoms. The molecule has 3 nitrogen and oxygen atoms in total. The highest BCUT2D eigenvalue weighted by Gasteiger charge is 2.20. The third-order valence-corrected chi connectivity index (χ3v) is 4.31. The quantitative estimate of drug-likeness (QED) is 0.554. The summed E-state index contributed by atoms with van der Waals surface area (Å²) in [5, 5.41) is 12.4. The van der Waals surface area contributed by atoms with Crippen molar-refractivity contribution in [3.05, 3.63) is 24.3 Å². The average molecular weight is 292 g/mol. The average Bonchev–Trinajstić information content (AvgIpc) is 2.48. The lowest BCUT2D eigenvalue weighted by molar-refractivity contribution is 0.414. The van der Waals surface area contributed by atoms with E-state index in [4.69, 9.17) is 4.74 Å².